The highest BCUT2D eigenvalue weighted by Gasteiger charge is 2.29. The Hall–Kier alpha value is -3.82. The number of nitrogens with zero attached hydrogens (tertiary/aromatic N) is 7. The zero-order chi connectivity index (χ0) is 23.6. The molecule has 1 aliphatic heterocycles. The molecule has 3 aromatic heterocycles. The normalized spacial score (nSPS) is 17.1. The Balaban J connectivity index is 1.62. The van der Waals surface area contributed by atoms with Gasteiger partial charge in [-0.2, -0.15) is 20.1 Å². The van der Waals surface area contributed by atoms with Gasteiger partial charge in [-0.25, -0.2) is 14.4 Å². The second kappa shape index (κ2) is 7.61. The van der Waals surface area contributed by atoms with Crippen LogP contribution in [0.25, 0.3) is 22.6 Å². The number of rotatable bonds is 2. The first-order chi connectivity index (χ1) is 16.4. The molecule has 1 aliphatic carbocycles. The summed E-state index contributed by atoms with van der Waals surface area (Å²) >= 11 is 0. The average molecular weight is 461 g/mol. The third-order valence-corrected chi connectivity index (χ3v) is 6.51. The van der Waals surface area contributed by atoms with Crippen LogP contribution in [0.5, 0.6) is 5.88 Å². The Kier molecular flexibility index (Phi) is 4.65. The van der Waals surface area contributed by atoms with Crippen LogP contribution in [0.2, 0.25) is 0 Å². The molecule has 0 spiro atoms. The van der Waals surface area contributed by atoms with E-state index in [1.807, 2.05) is 18.5 Å². The van der Waals surface area contributed by atoms with Gasteiger partial charge in [0.15, 0.2) is 5.82 Å². The van der Waals surface area contributed by atoms with Crippen molar-refractivity contribution in [3.05, 3.63) is 52.7 Å². The molecule has 6 rings (SSSR count). The van der Waals surface area contributed by atoms with E-state index in [9.17, 15) is 4.39 Å². The number of halogens is 1. The molecule has 2 N–H and O–H groups in total. The van der Waals surface area contributed by atoms with Crippen LogP contribution in [-0.4, -0.2) is 34.7 Å². The van der Waals surface area contributed by atoms with Crippen molar-refractivity contribution in [1.29, 1.82) is 0 Å². The van der Waals surface area contributed by atoms with Gasteiger partial charge in [0.1, 0.15) is 23.3 Å². The van der Waals surface area contributed by atoms with Crippen molar-refractivity contribution < 1.29 is 9.13 Å². The summed E-state index contributed by atoms with van der Waals surface area (Å²) in [5.41, 5.74) is 12.4. The molecule has 174 valence electrons. The summed E-state index contributed by atoms with van der Waals surface area (Å²) in [5.74, 6) is 0.649. The van der Waals surface area contributed by atoms with Crippen LogP contribution in [0.1, 0.15) is 48.4 Å². The first-order valence-corrected chi connectivity index (χ1v) is 11.4. The largest absolute Gasteiger partial charge is 0.467 e. The van der Waals surface area contributed by atoms with Gasteiger partial charge in [-0.05, 0) is 50.8 Å². The lowest BCUT2D eigenvalue weighted by Gasteiger charge is -2.20. The van der Waals surface area contributed by atoms with E-state index in [1.54, 1.807) is 24.1 Å². The molecule has 0 unspecified atom stereocenters. The molecular formula is C24H25FN8O. The van der Waals surface area contributed by atoms with Gasteiger partial charge in [-0.3, -0.25) is 4.68 Å². The van der Waals surface area contributed by atoms with Gasteiger partial charge in [0, 0.05) is 36.7 Å². The molecule has 0 saturated heterocycles. The maximum absolute atomic E-state index is 14.3. The Labute approximate surface area is 195 Å². The minimum atomic E-state index is -0.551. The molecule has 1 saturated carbocycles. The van der Waals surface area contributed by atoms with Gasteiger partial charge >= 0.3 is 0 Å². The van der Waals surface area contributed by atoms with Crippen molar-refractivity contribution >= 4 is 5.82 Å². The first kappa shape index (κ1) is 20.8. The summed E-state index contributed by atoms with van der Waals surface area (Å²) in [6.45, 7) is 4.66. The molecule has 34 heavy (non-hydrogen) atoms. The van der Waals surface area contributed by atoms with Gasteiger partial charge in [0.05, 0.1) is 23.3 Å². The third-order valence-electron chi connectivity index (χ3n) is 6.51. The molecule has 0 amide bonds. The molecule has 4 aromatic rings. The molecule has 2 aliphatic rings. The summed E-state index contributed by atoms with van der Waals surface area (Å²) in [6, 6.07) is 4.61. The molecule has 9 nitrogen and oxygen atoms in total. The zero-order valence-electron chi connectivity index (χ0n) is 19.3. The van der Waals surface area contributed by atoms with E-state index in [0.29, 0.717) is 29.3 Å². The topological polar surface area (TPSA) is 110 Å². The fourth-order valence-electron chi connectivity index (χ4n) is 4.64. The number of hydrogen-bond acceptors (Lipinski definition) is 7. The number of hydrogen-bond donors (Lipinski definition) is 1. The van der Waals surface area contributed by atoms with Crippen molar-refractivity contribution in [1.82, 2.24) is 34.7 Å². The fourth-order valence-corrected chi connectivity index (χ4v) is 4.64. The fraction of sp³-hybridized carbons (Fsp3) is 0.375. The van der Waals surface area contributed by atoms with E-state index >= 15 is 0 Å². The molecule has 1 aromatic carbocycles. The standard InChI is InChI=1S/C24H25FN8O/c1-12-17-9-19-21(31-32(3)30-19)16-7-6-15(25)8-18(16)13(2)34-24-23(26)27-10-20(28-24)22(17)33(29-12)11-14-4-5-14/h6-8,10,13-14H,4-5,9,11H2,1-3H3,(H2,26,27)/t13-/m1/s1. The van der Waals surface area contributed by atoms with Crippen LogP contribution in [0.15, 0.2) is 24.4 Å². The average Bonchev–Trinajstić information content (AvgIpc) is 3.46. The van der Waals surface area contributed by atoms with E-state index < -0.39 is 6.10 Å². The van der Waals surface area contributed by atoms with E-state index in [4.69, 9.17) is 20.6 Å². The predicted molar refractivity (Wildman–Crippen MR) is 123 cm³/mol. The number of ether oxygens (including phenoxy) is 1. The summed E-state index contributed by atoms with van der Waals surface area (Å²) in [6.07, 6.45) is 4.02. The Bertz CT molecular complexity index is 1420. The number of aromatic nitrogens is 7. The lowest BCUT2D eigenvalue weighted by Crippen LogP contribution is -2.12. The van der Waals surface area contributed by atoms with Crippen LogP contribution in [-0.2, 0) is 20.0 Å². The summed E-state index contributed by atoms with van der Waals surface area (Å²) in [7, 11) is 1.79. The number of nitrogen functional groups attached to an aromatic ring is 1. The monoisotopic (exact) mass is 460 g/mol. The van der Waals surface area contributed by atoms with Gasteiger partial charge < -0.3 is 10.5 Å². The van der Waals surface area contributed by atoms with Crippen LogP contribution < -0.4 is 10.5 Å². The minimum Gasteiger partial charge on any atom is -0.467 e. The first-order valence-electron chi connectivity index (χ1n) is 11.4. The summed E-state index contributed by atoms with van der Waals surface area (Å²) < 4.78 is 22.5. The second-order valence-corrected chi connectivity index (χ2v) is 9.14. The maximum Gasteiger partial charge on any atom is 0.258 e. The van der Waals surface area contributed by atoms with E-state index in [2.05, 4.69) is 15.2 Å². The van der Waals surface area contributed by atoms with Crippen molar-refractivity contribution in [2.75, 3.05) is 5.73 Å². The molecule has 1 atom stereocenters. The van der Waals surface area contributed by atoms with Crippen molar-refractivity contribution in [2.24, 2.45) is 13.0 Å². The number of benzene rings is 1. The second-order valence-electron chi connectivity index (χ2n) is 9.14. The van der Waals surface area contributed by atoms with Gasteiger partial charge in [-0.1, -0.05) is 0 Å². The quantitative estimate of drug-likeness (QED) is 0.486. The highest BCUT2D eigenvalue weighted by molar-refractivity contribution is 5.69. The van der Waals surface area contributed by atoms with Crippen molar-refractivity contribution in [3.63, 3.8) is 0 Å². The molecular weight excluding hydrogens is 435 g/mol. The van der Waals surface area contributed by atoms with Gasteiger partial charge in [0.25, 0.3) is 5.88 Å². The molecule has 10 heteroatoms. The smallest absolute Gasteiger partial charge is 0.258 e. The number of anilines is 1. The number of fused-ring (bicyclic) bond motifs is 7. The lowest BCUT2D eigenvalue weighted by molar-refractivity contribution is 0.218. The number of nitrogens with two attached hydrogens (primary N) is 1. The van der Waals surface area contributed by atoms with Crippen molar-refractivity contribution in [3.8, 4) is 28.5 Å². The number of aryl methyl sites for hydroxylation is 2. The molecule has 2 bridgehead atoms. The summed E-state index contributed by atoms with van der Waals surface area (Å²) in [4.78, 5) is 10.7. The highest BCUT2D eigenvalue weighted by atomic mass is 19.1. The predicted octanol–water partition coefficient (Wildman–Crippen LogP) is 3.62. The van der Waals surface area contributed by atoms with E-state index in [0.717, 1.165) is 34.8 Å². The van der Waals surface area contributed by atoms with Crippen LogP contribution >= 0.6 is 0 Å². The zero-order valence-corrected chi connectivity index (χ0v) is 19.3. The minimum absolute atomic E-state index is 0.178. The maximum atomic E-state index is 14.3. The molecule has 0 radical (unpaired) electrons. The van der Waals surface area contributed by atoms with Gasteiger partial charge in [-0.15, -0.1) is 0 Å². The Morgan fingerprint density at radius 3 is 2.82 bits per heavy atom. The molecule has 4 heterocycles. The third kappa shape index (κ3) is 3.49. The summed E-state index contributed by atoms with van der Waals surface area (Å²) in [5, 5.41) is 14.2. The SMILES string of the molecule is Cc1nn(CC2CC2)c2c1Cc1nn(C)nc1-c1ccc(F)cc1[C@@H](C)Oc1nc-2cnc1N. The molecule has 1 fully saturated rings. The van der Waals surface area contributed by atoms with Crippen LogP contribution in [0.3, 0.4) is 0 Å². The lowest BCUT2D eigenvalue weighted by atomic mass is 9.96. The van der Waals surface area contributed by atoms with Crippen LogP contribution in [0, 0.1) is 18.7 Å². The van der Waals surface area contributed by atoms with Crippen LogP contribution in [0.4, 0.5) is 10.2 Å². The van der Waals surface area contributed by atoms with E-state index in [-0.39, 0.29) is 17.5 Å². The van der Waals surface area contributed by atoms with Gasteiger partial charge in [0.2, 0.25) is 0 Å². The Morgan fingerprint density at radius 1 is 1.21 bits per heavy atom. The Morgan fingerprint density at radius 2 is 2.03 bits per heavy atom. The van der Waals surface area contributed by atoms with E-state index in [1.165, 1.54) is 25.0 Å². The highest BCUT2D eigenvalue weighted by Crippen LogP contribution is 2.38. The van der Waals surface area contributed by atoms with Crippen molar-refractivity contribution in [2.45, 2.75) is 45.8 Å².